The predicted molar refractivity (Wildman–Crippen MR) is 69.4 cm³/mol. The van der Waals surface area contributed by atoms with Crippen molar-refractivity contribution in [2.24, 2.45) is 17.6 Å². The molecular formula is C14H29NO. The molecule has 2 N–H and O–H groups in total. The van der Waals surface area contributed by atoms with Crippen LogP contribution in [0.15, 0.2) is 0 Å². The SMILES string of the molecule is CCOC1(C(N)CC(C)C)CCC(C)CC1. The summed E-state index contributed by atoms with van der Waals surface area (Å²) in [6, 6.07) is 0.208. The Morgan fingerprint density at radius 1 is 1.31 bits per heavy atom. The van der Waals surface area contributed by atoms with Gasteiger partial charge in [-0.05, 0) is 50.9 Å². The van der Waals surface area contributed by atoms with E-state index in [1.54, 1.807) is 0 Å². The molecule has 1 rings (SSSR count). The third-order valence-corrected chi connectivity index (χ3v) is 3.95. The molecule has 0 bridgehead atoms. The lowest BCUT2D eigenvalue weighted by Gasteiger charge is -2.44. The summed E-state index contributed by atoms with van der Waals surface area (Å²) < 4.78 is 6.06. The number of ether oxygens (including phenoxy) is 1. The number of rotatable bonds is 5. The summed E-state index contributed by atoms with van der Waals surface area (Å²) in [5.41, 5.74) is 6.37. The Kier molecular flexibility index (Phi) is 5.26. The van der Waals surface area contributed by atoms with Gasteiger partial charge in [0.2, 0.25) is 0 Å². The second kappa shape index (κ2) is 6.02. The number of hydrogen-bond donors (Lipinski definition) is 1. The standard InChI is InChI=1S/C14H29NO/c1-5-16-14(13(15)10-11(2)3)8-6-12(4)7-9-14/h11-13H,5-10,15H2,1-4H3. The lowest BCUT2D eigenvalue weighted by Crippen LogP contribution is -2.52. The topological polar surface area (TPSA) is 35.2 Å². The molecule has 0 aromatic heterocycles. The molecule has 1 unspecified atom stereocenters. The van der Waals surface area contributed by atoms with Gasteiger partial charge < -0.3 is 10.5 Å². The maximum Gasteiger partial charge on any atom is 0.0832 e. The molecule has 1 aliphatic carbocycles. The molecule has 0 spiro atoms. The molecule has 1 atom stereocenters. The van der Waals surface area contributed by atoms with Crippen LogP contribution in [0.3, 0.4) is 0 Å². The summed E-state index contributed by atoms with van der Waals surface area (Å²) in [6.45, 7) is 9.70. The quantitative estimate of drug-likeness (QED) is 0.781. The van der Waals surface area contributed by atoms with Crippen LogP contribution in [0.4, 0.5) is 0 Å². The summed E-state index contributed by atoms with van der Waals surface area (Å²) in [4.78, 5) is 0. The average molecular weight is 227 g/mol. The van der Waals surface area contributed by atoms with E-state index >= 15 is 0 Å². The van der Waals surface area contributed by atoms with Crippen LogP contribution < -0.4 is 5.73 Å². The lowest BCUT2D eigenvalue weighted by molar-refractivity contribution is -0.0917. The van der Waals surface area contributed by atoms with Crippen molar-refractivity contribution < 1.29 is 4.74 Å². The van der Waals surface area contributed by atoms with E-state index in [-0.39, 0.29) is 11.6 Å². The zero-order valence-corrected chi connectivity index (χ0v) is 11.5. The van der Waals surface area contributed by atoms with E-state index in [9.17, 15) is 0 Å². The highest BCUT2D eigenvalue weighted by molar-refractivity contribution is 4.95. The Hall–Kier alpha value is -0.0800. The molecule has 0 aromatic rings. The van der Waals surface area contributed by atoms with Crippen LogP contribution in [-0.2, 0) is 4.74 Å². The van der Waals surface area contributed by atoms with Crippen LogP contribution >= 0.6 is 0 Å². The Morgan fingerprint density at radius 2 is 1.88 bits per heavy atom. The molecule has 0 heterocycles. The van der Waals surface area contributed by atoms with Gasteiger partial charge in [-0.2, -0.15) is 0 Å². The van der Waals surface area contributed by atoms with Crippen molar-refractivity contribution in [1.82, 2.24) is 0 Å². The number of nitrogens with two attached hydrogens (primary N) is 1. The van der Waals surface area contributed by atoms with Gasteiger partial charge >= 0.3 is 0 Å². The van der Waals surface area contributed by atoms with Crippen LogP contribution in [0.2, 0.25) is 0 Å². The van der Waals surface area contributed by atoms with Crippen molar-refractivity contribution in [2.75, 3.05) is 6.61 Å². The predicted octanol–water partition coefficient (Wildman–Crippen LogP) is 3.35. The Bertz CT molecular complexity index is 195. The molecule has 0 aromatic carbocycles. The van der Waals surface area contributed by atoms with Crippen molar-refractivity contribution in [3.63, 3.8) is 0 Å². The zero-order chi connectivity index (χ0) is 12.2. The summed E-state index contributed by atoms with van der Waals surface area (Å²) in [7, 11) is 0. The van der Waals surface area contributed by atoms with Crippen LogP contribution in [0, 0.1) is 11.8 Å². The second-order valence-corrected chi connectivity index (χ2v) is 5.92. The van der Waals surface area contributed by atoms with Gasteiger partial charge in [-0.3, -0.25) is 0 Å². The fourth-order valence-corrected chi connectivity index (χ4v) is 2.88. The minimum absolute atomic E-state index is 0.0223. The average Bonchev–Trinajstić information content (AvgIpc) is 2.21. The van der Waals surface area contributed by atoms with Gasteiger partial charge in [0, 0.05) is 12.6 Å². The Morgan fingerprint density at radius 3 is 2.31 bits per heavy atom. The maximum absolute atomic E-state index is 6.39. The fourth-order valence-electron chi connectivity index (χ4n) is 2.88. The van der Waals surface area contributed by atoms with Gasteiger partial charge in [-0.1, -0.05) is 20.8 Å². The monoisotopic (exact) mass is 227 g/mol. The van der Waals surface area contributed by atoms with Crippen molar-refractivity contribution in [1.29, 1.82) is 0 Å². The molecule has 1 fully saturated rings. The summed E-state index contributed by atoms with van der Waals surface area (Å²) in [5.74, 6) is 1.51. The Balaban J connectivity index is 2.64. The molecule has 2 heteroatoms. The normalized spacial score (nSPS) is 33.0. The van der Waals surface area contributed by atoms with Crippen LogP contribution in [-0.4, -0.2) is 18.2 Å². The van der Waals surface area contributed by atoms with E-state index in [0.29, 0.717) is 5.92 Å². The van der Waals surface area contributed by atoms with E-state index < -0.39 is 0 Å². The maximum atomic E-state index is 6.39. The molecule has 0 aliphatic heterocycles. The molecule has 1 saturated carbocycles. The minimum Gasteiger partial charge on any atom is -0.374 e. The second-order valence-electron chi connectivity index (χ2n) is 5.92. The summed E-state index contributed by atoms with van der Waals surface area (Å²) >= 11 is 0. The highest BCUT2D eigenvalue weighted by Gasteiger charge is 2.40. The van der Waals surface area contributed by atoms with Crippen molar-refractivity contribution in [2.45, 2.75) is 71.4 Å². The van der Waals surface area contributed by atoms with Crippen molar-refractivity contribution in [3.8, 4) is 0 Å². The molecule has 0 amide bonds. The van der Waals surface area contributed by atoms with E-state index in [4.69, 9.17) is 10.5 Å². The number of hydrogen-bond acceptors (Lipinski definition) is 2. The molecule has 0 saturated heterocycles. The first-order valence-electron chi connectivity index (χ1n) is 6.89. The van der Waals surface area contributed by atoms with Crippen molar-refractivity contribution in [3.05, 3.63) is 0 Å². The highest BCUT2D eigenvalue weighted by Crippen LogP contribution is 2.38. The summed E-state index contributed by atoms with van der Waals surface area (Å²) in [5, 5.41) is 0. The molecule has 1 aliphatic rings. The van der Waals surface area contributed by atoms with Gasteiger partial charge in [0.15, 0.2) is 0 Å². The van der Waals surface area contributed by atoms with Gasteiger partial charge in [-0.25, -0.2) is 0 Å². The highest BCUT2D eigenvalue weighted by atomic mass is 16.5. The molecule has 0 radical (unpaired) electrons. The molecule has 96 valence electrons. The van der Waals surface area contributed by atoms with Gasteiger partial charge in [0.1, 0.15) is 0 Å². The van der Waals surface area contributed by atoms with Crippen LogP contribution in [0.5, 0.6) is 0 Å². The van der Waals surface area contributed by atoms with Gasteiger partial charge in [0.05, 0.1) is 5.60 Å². The first-order valence-corrected chi connectivity index (χ1v) is 6.89. The smallest absolute Gasteiger partial charge is 0.0832 e. The van der Waals surface area contributed by atoms with E-state index in [2.05, 4.69) is 27.7 Å². The van der Waals surface area contributed by atoms with Gasteiger partial charge in [0.25, 0.3) is 0 Å². The molecule has 16 heavy (non-hydrogen) atoms. The van der Waals surface area contributed by atoms with Crippen molar-refractivity contribution >= 4 is 0 Å². The van der Waals surface area contributed by atoms with E-state index in [1.807, 2.05) is 0 Å². The summed E-state index contributed by atoms with van der Waals surface area (Å²) in [6.07, 6.45) is 5.91. The van der Waals surface area contributed by atoms with Gasteiger partial charge in [-0.15, -0.1) is 0 Å². The lowest BCUT2D eigenvalue weighted by atomic mass is 9.73. The fraction of sp³-hybridized carbons (Fsp3) is 1.00. The zero-order valence-electron chi connectivity index (χ0n) is 11.5. The largest absolute Gasteiger partial charge is 0.374 e. The molecule has 2 nitrogen and oxygen atoms in total. The van der Waals surface area contributed by atoms with Crippen LogP contribution in [0.1, 0.15) is 59.8 Å². The minimum atomic E-state index is -0.0223. The molecular weight excluding hydrogens is 198 g/mol. The third kappa shape index (κ3) is 3.46. The first kappa shape index (κ1) is 14.0. The third-order valence-electron chi connectivity index (χ3n) is 3.95. The first-order chi connectivity index (χ1) is 7.50. The van der Waals surface area contributed by atoms with Crippen LogP contribution in [0.25, 0.3) is 0 Å². The van der Waals surface area contributed by atoms with E-state index in [1.165, 1.54) is 12.8 Å². The van der Waals surface area contributed by atoms with E-state index in [0.717, 1.165) is 31.8 Å². The Labute approximate surface area is 101 Å².